The van der Waals surface area contributed by atoms with Crippen molar-refractivity contribution >= 4 is 5.91 Å². The summed E-state index contributed by atoms with van der Waals surface area (Å²) in [7, 11) is 4.13. The van der Waals surface area contributed by atoms with E-state index in [-0.39, 0.29) is 16.4 Å². The van der Waals surface area contributed by atoms with Crippen LogP contribution >= 0.6 is 0 Å². The van der Waals surface area contributed by atoms with E-state index in [0.29, 0.717) is 13.0 Å². The first-order valence-corrected chi connectivity index (χ1v) is 7.55. The van der Waals surface area contributed by atoms with Crippen molar-refractivity contribution in [1.29, 1.82) is 0 Å². The Kier molecular flexibility index (Phi) is 4.62. The monoisotopic (exact) mass is 283 g/mol. The van der Waals surface area contributed by atoms with Gasteiger partial charge in [0.2, 0.25) is 11.9 Å². The molecule has 6 nitrogen and oxygen atoms in total. The second kappa shape index (κ2) is 6.08. The summed E-state index contributed by atoms with van der Waals surface area (Å²) in [4.78, 5) is 24.5. The van der Waals surface area contributed by atoms with Crippen LogP contribution in [0.5, 0.6) is 0 Å². The number of nitrogens with zero attached hydrogens (tertiary/aromatic N) is 2. The lowest BCUT2D eigenvalue weighted by Gasteiger charge is -2.39. The van der Waals surface area contributed by atoms with Gasteiger partial charge in [0, 0.05) is 23.4 Å². The average molecular weight is 283 g/mol. The quantitative estimate of drug-likeness (QED) is 0.470. The molecule has 2 fully saturated rings. The van der Waals surface area contributed by atoms with Gasteiger partial charge in [-0.05, 0) is 26.9 Å². The fourth-order valence-corrected chi connectivity index (χ4v) is 3.25. The number of rotatable bonds is 5. The maximum Gasteiger partial charge on any atom is 0.230 e. The van der Waals surface area contributed by atoms with E-state index in [1.807, 2.05) is 0 Å². The molecule has 0 saturated heterocycles. The lowest BCUT2D eigenvalue weighted by molar-refractivity contribution is -0.497. The van der Waals surface area contributed by atoms with Crippen molar-refractivity contribution in [3.05, 3.63) is 10.1 Å². The Morgan fingerprint density at radius 3 is 2.35 bits per heavy atom. The topological polar surface area (TPSA) is 75.5 Å². The SMILES string of the molecule is CN(C)C1(CNC(=O)[C@H]2C[C@@H]2[N+](=O)[O-])CCCCCC1. The zero-order chi connectivity index (χ0) is 14.8. The molecule has 1 N–H and O–H groups in total. The molecule has 0 aromatic heterocycles. The smallest absolute Gasteiger partial charge is 0.230 e. The number of nitro groups is 1. The van der Waals surface area contributed by atoms with Crippen molar-refractivity contribution in [3.8, 4) is 0 Å². The highest BCUT2D eigenvalue weighted by atomic mass is 16.6. The van der Waals surface area contributed by atoms with Gasteiger partial charge in [-0.1, -0.05) is 25.7 Å². The predicted molar refractivity (Wildman–Crippen MR) is 76.0 cm³/mol. The molecule has 0 radical (unpaired) electrons. The molecular formula is C14H25N3O3. The van der Waals surface area contributed by atoms with Crippen molar-refractivity contribution in [2.75, 3.05) is 20.6 Å². The summed E-state index contributed by atoms with van der Waals surface area (Å²) in [5, 5.41) is 13.6. The molecule has 20 heavy (non-hydrogen) atoms. The van der Waals surface area contributed by atoms with E-state index in [4.69, 9.17) is 0 Å². The van der Waals surface area contributed by atoms with Gasteiger partial charge < -0.3 is 10.2 Å². The Balaban J connectivity index is 1.89. The normalized spacial score (nSPS) is 28.8. The maximum atomic E-state index is 12.0. The zero-order valence-corrected chi connectivity index (χ0v) is 12.4. The van der Waals surface area contributed by atoms with Crippen LogP contribution in [0, 0.1) is 16.0 Å². The van der Waals surface area contributed by atoms with Crippen LogP contribution in [0.2, 0.25) is 0 Å². The van der Waals surface area contributed by atoms with Crippen molar-refractivity contribution < 1.29 is 9.72 Å². The Morgan fingerprint density at radius 2 is 1.90 bits per heavy atom. The minimum absolute atomic E-state index is 0.0190. The number of likely N-dealkylation sites (N-methyl/N-ethyl adjacent to an activating group) is 1. The highest BCUT2D eigenvalue weighted by Gasteiger charge is 2.53. The molecular weight excluding hydrogens is 258 g/mol. The van der Waals surface area contributed by atoms with Gasteiger partial charge in [0.25, 0.3) is 0 Å². The summed E-state index contributed by atoms with van der Waals surface area (Å²) in [5.41, 5.74) is 0.0190. The Hall–Kier alpha value is -1.17. The van der Waals surface area contributed by atoms with Gasteiger partial charge in [-0.25, -0.2) is 0 Å². The molecule has 0 bridgehead atoms. The van der Waals surface area contributed by atoms with Crippen LogP contribution in [0.1, 0.15) is 44.9 Å². The van der Waals surface area contributed by atoms with E-state index in [1.165, 1.54) is 25.7 Å². The van der Waals surface area contributed by atoms with Crippen LogP contribution in [-0.2, 0) is 4.79 Å². The third kappa shape index (κ3) is 3.29. The fraction of sp³-hybridized carbons (Fsp3) is 0.929. The molecule has 2 aliphatic rings. The van der Waals surface area contributed by atoms with Crippen LogP contribution in [0.4, 0.5) is 0 Å². The summed E-state index contributed by atoms with van der Waals surface area (Å²) in [5.74, 6) is -0.549. The summed E-state index contributed by atoms with van der Waals surface area (Å²) in [6, 6.07) is -0.653. The molecule has 2 aliphatic carbocycles. The lowest BCUT2D eigenvalue weighted by Crippen LogP contribution is -2.52. The molecule has 0 aromatic carbocycles. The first kappa shape index (κ1) is 15.2. The first-order valence-electron chi connectivity index (χ1n) is 7.55. The van der Waals surface area contributed by atoms with Gasteiger partial charge in [0.05, 0.1) is 0 Å². The molecule has 2 saturated carbocycles. The first-order chi connectivity index (χ1) is 9.46. The Bertz CT molecular complexity index is 376. The molecule has 0 aliphatic heterocycles. The molecule has 0 heterocycles. The summed E-state index contributed by atoms with van der Waals surface area (Å²) in [6.07, 6.45) is 7.47. The minimum Gasteiger partial charge on any atom is -0.354 e. The average Bonchev–Trinajstić information content (AvgIpc) is 3.20. The maximum absolute atomic E-state index is 12.0. The van der Waals surface area contributed by atoms with Crippen molar-refractivity contribution in [2.24, 2.45) is 5.92 Å². The number of nitrogens with one attached hydrogen (secondary N) is 1. The van der Waals surface area contributed by atoms with Gasteiger partial charge in [0.15, 0.2) is 0 Å². The fourth-order valence-electron chi connectivity index (χ4n) is 3.25. The number of carbonyl (C=O) groups is 1. The van der Waals surface area contributed by atoms with E-state index in [1.54, 1.807) is 0 Å². The van der Waals surface area contributed by atoms with Crippen molar-refractivity contribution in [2.45, 2.75) is 56.5 Å². The molecule has 0 aromatic rings. The standard InChI is InChI=1S/C14H25N3O3/c1-16(2)14(7-5-3-4-6-8-14)10-15-13(18)11-9-12(11)17(19)20/h11-12H,3-10H2,1-2H3,(H,15,18)/t11-,12-/m0/s1. The zero-order valence-electron chi connectivity index (χ0n) is 12.4. The molecule has 1 amide bonds. The highest BCUT2D eigenvalue weighted by molar-refractivity contribution is 5.82. The second-order valence-corrected chi connectivity index (χ2v) is 6.45. The van der Waals surface area contributed by atoms with Crippen LogP contribution in [0.25, 0.3) is 0 Å². The third-order valence-electron chi connectivity index (χ3n) is 4.94. The lowest BCUT2D eigenvalue weighted by atomic mass is 9.88. The van der Waals surface area contributed by atoms with Gasteiger partial charge in [-0.15, -0.1) is 0 Å². The largest absolute Gasteiger partial charge is 0.354 e. The number of hydrogen-bond donors (Lipinski definition) is 1. The number of hydrogen-bond acceptors (Lipinski definition) is 4. The van der Waals surface area contributed by atoms with Crippen molar-refractivity contribution in [1.82, 2.24) is 10.2 Å². The highest BCUT2D eigenvalue weighted by Crippen LogP contribution is 2.34. The van der Waals surface area contributed by atoms with Crippen LogP contribution < -0.4 is 5.32 Å². The van der Waals surface area contributed by atoms with Gasteiger partial charge in [-0.2, -0.15) is 0 Å². The van der Waals surface area contributed by atoms with E-state index in [2.05, 4.69) is 24.3 Å². The summed E-state index contributed by atoms with van der Waals surface area (Å²) in [6.45, 7) is 0.611. The van der Waals surface area contributed by atoms with Gasteiger partial charge >= 0.3 is 0 Å². The Morgan fingerprint density at radius 1 is 1.30 bits per heavy atom. The van der Waals surface area contributed by atoms with Crippen molar-refractivity contribution in [3.63, 3.8) is 0 Å². The van der Waals surface area contributed by atoms with Gasteiger partial charge in [-0.3, -0.25) is 14.9 Å². The number of amides is 1. The van der Waals surface area contributed by atoms with E-state index >= 15 is 0 Å². The van der Waals surface area contributed by atoms with Gasteiger partial charge in [0.1, 0.15) is 5.92 Å². The van der Waals surface area contributed by atoms with Crippen LogP contribution in [0.3, 0.4) is 0 Å². The van der Waals surface area contributed by atoms with E-state index in [0.717, 1.165) is 12.8 Å². The second-order valence-electron chi connectivity index (χ2n) is 6.45. The summed E-state index contributed by atoms with van der Waals surface area (Å²) >= 11 is 0. The summed E-state index contributed by atoms with van der Waals surface area (Å²) < 4.78 is 0. The molecule has 2 atom stereocenters. The number of carbonyl (C=O) groups excluding carboxylic acids is 1. The third-order valence-corrected chi connectivity index (χ3v) is 4.94. The molecule has 114 valence electrons. The molecule has 2 rings (SSSR count). The molecule has 6 heteroatoms. The predicted octanol–water partition coefficient (Wildman–Crippen LogP) is 1.42. The Labute approximate surface area is 120 Å². The van der Waals surface area contributed by atoms with E-state index < -0.39 is 12.0 Å². The van der Waals surface area contributed by atoms with Crippen LogP contribution in [-0.4, -0.2) is 48.0 Å². The molecule has 0 spiro atoms. The minimum atomic E-state index is -0.653. The van der Waals surface area contributed by atoms with Crippen LogP contribution in [0.15, 0.2) is 0 Å². The molecule has 0 unspecified atom stereocenters. The van der Waals surface area contributed by atoms with E-state index in [9.17, 15) is 14.9 Å².